The molecule has 0 radical (unpaired) electrons. The van der Waals surface area contributed by atoms with E-state index in [1.54, 1.807) is 23.2 Å². The SMILES string of the molecule is NCC(=O)N1CCC[C@H](c2cncc(Oc3cccc(F)c3)n2)C1. The van der Waals surface area contributed by atoms with E-state index in [0.717, 1.165) is 25.1 Å². The molecular weight excluding hydrogens is 311 g/mol. The molecule has 0 bridgehead atoms. The minimum atomic E-state index is -0.375. The van der Waals surface area contributed by atoms with Crippen molar-refractivity contribution in [1.29, 1.82) is 0 Å². The highest BCUT2D eigenvalue weighted by atomic mass is 19.1. The fourth-order valence-electron chi connectivity index (χ4n) is 2.83. The Bertz CT molecular complexity index is 725. The highest BCUT2D eigenvalue weighted by Crippen LogP contribution is 2.27. The van der Waals surface area contributed by atoms with E-state index >= 15 is 0 Å². The lowest BCUT2D eigenvalue weighted by atomic mass is 9.95. The van der Waals surface area contributed by atoms with Gasteiger partial charge in [-0.1, -0.05) is 6.07 Å². The van der Waals surface area contributed by atoms with E-state index in [1.165, 1.54) is 18.3 Å². The summed E-state index contributed by atoms with van der Waals surface area (Å²) in [4.78, 5) is 22.2. The molecule has 24 heavy (non-hydrogen) atoms. The second kappa shape index (κ2) is 7.35. The zero-order valence-corrected chi connectivity index (χ0v) is 13.2. The van der Waals surface area contributed by atoms with Crippen LogP contribution >= 0.6 is 0 Å². The zero-order valence-electron chi connectivity index (χ0n) is 13.2. The molecule has 6 nitrogen and oxygen atoms in total. The number of rotatable bonds is 4. The molecule has 1 aromatic carbocycles. The van der Waals surface area contributed by atoms with Crippen LogP contribution in [0.2, 0.25) is 0 Å². The van der Waals surface area contributed by atoms with Gasteiger partial charge in [0.25, 0.3) is 0 Å². The van der Waals surface area contributed by atoms with Crippen molar-refractivity contribution in [2.75, 3.05) is 19.6 Å². The zero-order chi connectivity index (χ0) is 16.9. The third-order valence-electron chi connectivity index (χ3n) is 4.02. The van der Waals surface area contributed by atoms with Gasteiger partial charge >= 0.3 is 0 Å². The van der Waals surface area contributed by atoms with E-state index in [1.807, 2.05) is 0 Å². The first kappa shape index (κ1) is 16.3. The summed E-state index contributed by atoms with van der Waals surface area (Å²) >= 11 is 0. The molecule has 3 rings (SSSR count). The monoisotopic (exact) mass is 330 g/mol. The number of hydrogen-bond acceptors (Lipinski definition) is 5. The number of nitrogens with zero attached hydrogens (tertiary/aromatic N) is 3. The number of carbonyl (C=O) groups excluding carboxylic acids is 1. The molecule has 1 atom stereocenters. The van der Waals surface area contributed by atoms with E-state index in [2.05, 4.69) is 9.97 Å². The molecule has 0 unspecified atom stereocenters. The Balaban J connectivity index is 1.74. The van der Waals surface area contributed by atoms with Crippen LogP contribution in [0.15, 0.2) is 36.7 Å². The average Bonchev–Trinajstić information content (AvgIpc) is 2.61. The van der Waals surface area contributed by atoms with Crippen LogP contribution in [0, 0.1) is 5.82 Å². The second-order valence-electron chi connectivity index (χ2n) is 5.72. The van der Waals surface area contributed by atoms with Crippen LogP contribution in [0.4, 0.5) is 4.39 Å². The number of aromatic nitrogens is 2. The summed E-state index contributed by atoms with van der Waals surface area (Å²) in [5, 5.41) is 0. The molecule has 126 valence electrons. The molecule has 1 fully saturated rings. The molecule has 0 spiro atoms. The normalized spacial score (nSPS) is 17.6. The Morgan fingerprint density at radius 2 is 2.29 bits per heavy atom. The molecule has 2 aromatic rings. The summed E-state index contributed by atoms with van der Waals surface area (Å²) in [7, 11) is 0. The molecule has 1 amide bonds. The van der Waals surface area contributed by atoms with E-state index in [9.17, 15) is 9.18 Å². The van der Waals surface area contributed by atoms with Crippen molar-refractivity contribution < 1.29 is 13.9 Å². The van der Waals surface area contributed by atoms with Crippen LogP contribution in [0.5, 0.6) is 11.6 Å². The van der Waals surface area contributed by atoms with Gasteiger partial charge in [0.05, 0.1) is 18.4 Å². The number of ether oxygens (including phenoxy) is 1. The van der Waals surface area contributed by atoms with Crippen molar-refractivity contribution in [1.82, 2.24) is 14.9 Å². The topological polar surface area (TPSA) is 81.3 Å². The van der Waals surface area contributed by atoms with Crippen LogP contribution in [0.3, 0.4) is 0 Å². The molecule has 1 aliphatic rings. The van der Waals surface area contributed by atoms with Crippen LogP contribution < -0.4 is 10.5 Å². The van der Waals surface area contributed by atoms with Crippen LogP contribution in [0.1, 0.15) is 24.5 Å². The fraction of sp³-hybridized carbons (Fsp3) is 0.353. The fourth-order valence-corrected chi connectivity index (χ4v) is 2.83. The molecule has 7 heteroatoms. The maximum atomic E-state index is 13.2. The minimum Gasteiger partial charge on any atom is -0.437 e. The lowest BCUT2D eigenvalue weighted by Crippen LogP contribution is -2.42. The maximum absolute atomic E-state index is 13.2. The molecular formula is C17H19FN4O2. The largest absolute Gasteiger partial charge is 0.437 e. The van der Waals surface area contributed by atoms with E-state index < -0.39 is 0 Å². The predicted octanol–water partition coefficient (Wildman–Crippen LogP) is 2.07. The maximum Gasteiger partial charge on any atom is 0.238 e. The van der Waals surface area contributed by atoms with Crippen molar-refractivity contribution in [3.63, 3.8) is 0 Å². The van der Waals surface area contributed by atoms with E-state index in [0.29, 0.717) is 18.2 Å². The lowest BCUT2D eigenvalue weighted by molar-refractivity contribution is -0.130. The summed E-state index contributed by atoms with van der Waals surface area (Å²) in [6.07, 6.45) is 4.99. The Labute approximate surface area is 139 Å². The Morgan fingerprint density at radius 1 is 1.42 bits per heavy atom. The van der Waals surface area contributed by atoms with Crippen molar-refractivity contribution >= 4 is 5.91 Å². The number of amides is 1. The first-order valence-corrected chi connectivity index (χ1v) is 7.89. The number of likely N-dealkylation sites (tertiary alicyclic amines) is 1. The molecule has 1 aliphatic heterocycles. The number of hydrogen-bond donors (Lipinski definition) is 1. The van der Waals surface area contributed by atoms with Crippen LogP contribution in [-0.4, -0.2) is 40.4 Å². The summed E-state index contributed by atoms with van der Waals surface area (Å²) < 4.78 is 18.8. The van der Waals surface area contributed by atoms with Gasteiger partial charge in [0.2, 0.25) is 11.8 Å². The third-order valence-corrected chi connectivity index (χ3v) is 4.02. The quantitative estimate of drug-likeness (QED) is 0.928. The van der Waals surface area contributed by atoms with Crippen molar-refractivity contribution in [3.8, 4) is 11.6 Å². The molecule has 2 heterocycles. The molecule has 1 aromatic heterocycles. The van der Waals surface area contributed by atoms with Gasteiger partial charge in [0.1, 0.15) is 11.6 Å². The van der Waals surface area contributed by atoms with Gasteiger partial charge in [-0.2, -0.15) is 0 Å². The minimum absolute atomic E-state index is 0.0150. The molecule has 2 N–H and O–H groups in total. The number of nitrogens with two attached hydrogens (primary N) is 1. The van der Waals surface area contributed by atoms with E-state index in [-0.39, 0.29) is 24.2 Å². The van der Waals surface area contributed by atoms with E-state index in [4.69, 9.17) is 10.5 Å². The van der Waals surface area contributed by atoms with Gasteiger partial charge in [-0.05, 0) is 25.0 Å². The molecule has 0 aliphatic carbocycles. The number of piperidine rings is 1. The number of carbonyl (C=O) groups is 1. The standard InChI is InChI=1S/C17H19FN4O2/c18-13-4-1-5-14(7-13)24-16-10-20-9-15(21-16)12-3-2-6-22(11-12)17(23)8-19/h1,4-5,7,9-10,12H,2-3,6,8,11,19H2/t12-/m0/s1. The highest BCUT2D eigenvalue weighted by molar-refractivity contribution is 5.78. The van der Waals surface area contributed by atoms with Gasteiger partial charge < -0.3 is 15.4 Å². The summed E-state index contributed by atoms with van der Waals surface area (Å²) in [6, 6.07) is 5.86. The first-order valence-electron chi connectivity index (χ1n) is 7.89. The Kier molecular flexibility index (Phi) is 5.00. The Morgan fingerprint density at radius 3 is 3.08 bits per heavy atom. The van der Waals surface area contributed by atoms with Gasteiger partial charge in [0, 0.05) is 31.3 Å². The van der Waals surface area contributed by atoms with Gasteiger partial charge in [-0.3, -0.25) is 9.78 Å². The average molecular weight is 330 g/mol. The number of halogens is 1. The molecule has 1 saturated heterocycles. The summed E-state index contributed by atoms with van der Waals surface area (Å²) in [5.41, 5.74) is 6.20. The lowest BCUT2D eigenvalue weighted by Gasteiger charge is -2.32. The first-order chi connectivity index (χ1) is 11.7. The molecule has 0 saturated carbocycles. The number of benzene rings is 1. The van der Waals surface area contributed by atoms with Crippen molar-refractivity contribution in [2.24, 2.45) is 5.73 Å². The van der Waals surface area contributed by atoms with Crippen LogP contribution in [0.25, 0.3) is 0 Å². The summed E-state index contributed by atoms with van der Waals surface area (Å²) in [5.74, 6) is 0.336. The van der Waals surface area contributed by atoms with Crippen molar-refractivity contribution in [3.05, 3.63) is 48.2 Å². The predicted molar refractivity (Wildman–Crippen MR) is 86.1 cm³/mol. The van der Waals surface area contributed by atoms with Gasteiger partial charge in [-0.15, -0.1) is 0 Å². The Hall–Kier alpha value is -2.54. The van der Waals surface area contributed by atoms with Crippen LogP contribution in [-0.2, 0) is 4.79 Å². The van der Waals surface area contributed by atoms with Gasteiger partial charge in [0.15, 0.2) is 0 Å². The highest BCUT2D eigenvalue weighted by Gasteiger charge is 2.25. The summed E-state index contributed by atoms with van der Waals surface area (Å²) in [6.45, 7) is 1.31. The third kappa shape index (κ3) is 3.86. The smallest absolute Gasteiger partial charge is 0.238 e. The van der Waals surface area contributed by atoms with Gasteiger partial charge in [-0.25, -0.2) is 9.37 Å². The van der Waals surface area contributed by atoms with Crippen molar-refractivity contribution in [2.45, 2.75) is 18.8 Å². The second-order valence-corrected chi connectivity index (χ2v) is 5.72.